The molecule has 0 radical (unpaired) electrons. The molecule has 0 saturated carbocycles. The van der Waals surface area contributed by atoms with E-state index >= 15 is 0 Å². The summed E-state index contributed by atoms with van der Waals surface area (Å²) >= 11 is 3.90. The minimum absolute atomic E-state index is 0.0167. The number of halogens is 4. The van der Waals surface area contributed by atoms with Crippen molar-refractivity contribution in [3.63, 3.8) is 0 Å². The van der Waals surface area contributed by atoms with Gasteiger partial charge >= 0.3 is 18.0 Å². The second-order valence-corrected chi connectivity index (χ2v) is 6.96. The van der Waals surface area contributed by atoms with Crippen LogP contribution in [0.1, 0.15) is 16.8 Å². The van der Waals surface area contributed by atoms with Crippen molar-refractivity contribution in [2.24, 2.45) is 0 Å². The van der Waals surface area contributed by atoms with Gasteiger partial charge in [-0.2, -0.15) is 8.78 Å². The summed E-state index contributed by atoms with van der Waals surface area (Å²) < 4.78 is 40.3. The minimum atomic E-state index is -4.22. The van der Waals surface area contributed by atoms with E-state index < -0.39 is 24.7 Å². The highest BCUT2D eigenvalue weighted by Gasteiger charge is 2.40. The number of aliphatic carboxylic acids is 1. The molecule has 0 amide bonds. The standard InChI is InChI=1S/C14H14F2I2O7/c15-14(16,13(21)22)25-3-1-2-23-4-5-24-12(20)9-6-8(17)7-10(18)11(9)19/h6-7,19H,1-5H2,(H,21,22). The number of carbonyl (C=O) groups excluding carboxylic acids is 1. The Balaban J connectivity index is 2.22. The molecule has 0 heterocycles. The maximum Gasteiger partial charge on any atom is 0.455 e. The number of hydrogen-bond acceptors (Lipinski definition) is 6. The number of hydrogen-bond donors (Lipinski definition) is 2. The molecule has 0 aromatic heterocycles. The van der Waals surface area contributed by atoms with Crippen LogP contribution in [0.15, 0.2) is 12.1 Å². The number of alkyl halides is 2. The van der Waals surface area contributed by atoms with E-state index in [9.17, 15) is 23.5 Å². The lowest BCUT2D eigenvalue weighted by atomic mass is 10.2. The first-order chi connectivity index (χ1) is 11.6. The number of carbonyl (C=O) groups is 2. The average molecular weight is 586 g/mol. The van der Waals surface area contributed by atoms with Crippen LogP contribution in [0.2, 0.25) is 0 Å². The van der Waals surface area contributed by atoms with E-state index in [2.05, 4.69) is 4.74 Å². The van der Waals surface area contributed by atoms with Gasteiger partial charge in [0.1, 0.15) is 17.9 Å². The van der Waals surface area contributed by atoms with Crippen molar-refractivity contribution < 1.29 is 42.8 Å². The number of aromatic hydroxyl groups is 1. The van der Waals surface area contributed by atoms with Crippen LogP contribution in [-0.4, -0.2) is 54.7 Å². The average Bonchev–Trinajstić information content (AvgIpc) is 2.52. The molecule has 7 nitrogen and oxygen atoms in total. The van der Waals surface area contributed by atoms with Gasteiger partial charge in [-0.25, -0.2) is 9.59 Å². The molecule has 0 saturated heterocycles. The fraction of sp³-hybridized carbons (Fsp3) is 0.429. The van der Waals surface area contributed by atoms with E-state index in [0.29, 0.717) is 3.57 Å². The van der Waals surface area contributed by atoms with Crippen LogP contribution in [0.25, 0.3) is 0 Å². The van der Waals surface area contributed by atoms with E-state index in [1.165, 1.54) is 6.07 Å². The first-order valence-corrected chi connectivity index (χ1v) is 8.99. The summed E-state index contributed by atoms with van der Waals surface area (Å²) in [6, 6.07) is 3.19. The van der Waals surface area contributed by atoms with E-state index in [0.717, 1.165) is 3.57 Å². The molecule has 0 aliphatic heterocycles. The topological polar surface area (TPSA) is 102 Å². The third-order valence-electron chi connectivity index (χ3n) is 2.67. The number of phenolic OH excluding ortho intramolecular Hbond substituents is 1. The predicted octanol–water partition coefficient (Wildman–Crippen LogP) is 2.86. The summed E-state index contributed by atoms with van der Waals surface area (Å²) in [4.78, 5) is 22.0. The second kappa shape index (κ2) is 10.4. The molecule has 1 aromatic carbocycles. The molecule has 0 bridgehead atoms. The predicted molar refractivity (Wildman–Crippen MR) is 97.8 cm³/mol. The lowest BCUT2D eigenvalue weighted by molar-refractivity contribution is -0.246. The lowest BCUT2D eigenvalue weighted by Gasteiger charge is -2.12. The number of carboxylic acid groups (broad SMARTS) is 1. The Bertz CT molecular complexity index is 625. The molecule has 0 spiro atoms. The summed E-state index contributed by atoms with van der Waals surface area (Å²) in [5, 5.41) is 18.0. The number of carboxylic acids is 1. The highest BCUT2D eigenvalue weighted by Crippen LogP contribution is 2.27. The number of phenols is 1. The van der Waals surface area contributed by atoms with Crippen LogP contribution >= 0.6 is 45.2 Å². The van der Waals surface area contributed by atoms with Gasteiger partial charge in [0.05, 0.1) is 16.8 Å². The van der Waals surface area contributed by atoms with E-state index in [1.807, 2.05) is 45.2 Å². The van der Waals surface area contributed by atoms with Gasteiger partial charge in [0.25, 0.3) is 0 Å². The highest BCUT2D eigenvalue weighted by atomic mass is 127. The quantitative estimate of drug-likeness (QED) is 0.247. The summed E-state index contributed by atoms with van der Waals surface area (Å²) in [6.45, 7) is -0.539. The zero-order valence-corrected chi connectivity index (χ0v) is 17.0. The lowest BCUT2D eigenvalue weighted by Crippen LogP contribution is -2.32. The third kappa shape index (κ3) is 7.53. The molecule has 0 aliphatic carbocycles. The maximum atomic E-state index is 12.6. The number of benzene rings is 1. The molecule has 25 heavy (non-hydrogen) atoms. The van der Waals surface area contributed by atoms with Gasteiger partial charge in [0, 0.05) is 10.2 Å². The van der Waals surface area contributed by atoms with Crippen molar-refractivity contribution in [2.45, 2.75) is 12.5 Å². The van der Waals surface area contributed by atoms with E-state index in [1.54, 1.807) is 6.07 Å². The van der Waals surface area contributed by atoms with Gasteiger partial charge in [-0.1, -0.05) is 0 Å². The van der Waals surface area contributed by atoms with Crippen molar-refractivity contribution in [2.75, 3.05) is 26.4 Å². The smallest absolute Gasteiger partial charge is 0.455 e. The SMILES string of the molecule is O=C(OCCOCCCOC(F)(F)C(=O)O)c1cc(I)cc(I)c1O. The maximum absolute atomic E-state index is 12.6. The third-order valence-corrected chi connectivity index (χ3v) is 4.12. The van der Waals surface area contributed by atoms with E-state index in [4.69, 9.17) is 14.6 Å². The number of esters is 1. The van der Waals surface area contributed by atoms with Crippen LogP contribution in [0.5, 0.6) is 5.75 Å². The molecule has 0 unspecified atom stereocenters. The van der Waals surface area contributed by atoms with Crippen molar-refractivity contribution in [1.29, 1.82) is 0 Å². The molecule has 0 atom stereocenters. The Labute approximate surface area is 168 Å². The van der Waals surface area contributed by atoms with Gasteiger partial charge in [-0.3, -0.25) is 0 Å². The molecular weight excluding hydrogens is 572 g/mol. The highest BCUT2D eigenvalue weighted by molar-refractivity contribution is 14.1. The molecule has 11 heteroatoms. The van der Waals surface area contributed by atoms with Crippen molar-refractivity contribution in [1.82, 2.24) is 0 Å². The minimum Gasteiger partial charge on any atom is -0.506 e. The fourth-order valence-electron chi connectivity index (χ4n) is 1.52. The van der Waals surface area contributed by atoms with Gasteiger partial charge in [-0.15, -0.1) is 0 Å². The van der Waals surface area contributed by atoms with Crippen LogP contribution in [0, 0.1) is 7.14 Å². The molecule has 0 aliphatic rings. The van der Waals surface area contributed by atoms with Gasteiger partial charge in [0.2, 0.25) is 0 Å². The fourth-order valence-corrected chi connectivity index (χ4v) is 3.36. The zero-order valence-electron chi connectivity index (χ0n) is 12.6. The molecular formula is C14H14F2I2O7. The van der Waals surface area contributed by atoms with Gasteiger partial charge in [-0.05, 0) is 63.7 Å². The molecule has 1 aromatic rings. The van der Waals surface area contributed by atoms with Gasteiger partial charge in [0.15, 0.2) is 0 Å². The Kier molecular flexibility index (Phi) is 9.23. The molecule has 0 fully saturated rings. The van der Waals surface area contributed by atoms with Crippen molar-refractivity contribution in [3.8, 4) is 5.75 Å². The summed E-state index contributed by atoms with van der Waals surface area (Å²) in [7, 11) is 0. The van der Waals surface area contributed by atoms with Gasteiger partial charge < -0.3 is 24.4 Å². The monoisotopic (exact) mass is 586 g/mol. The first kappa shape index (κ1) is 22.2. The molecule has 2 N–H and O–H groups in total. The summed E-state index contributed by atoms with van der Waals surface area (Å²) in [6.07, 6.45) is -4.17. The Hall–Kier alpha value is -0.800. The molecule has 140 valence electrons. The Morgan fingerprint density at radius 3 is 2.44 bits per heavy atom. The number of rotatable bonds is 10. The summed E-state index contributed by atoms with van der Waals surface area (Å²) in [5.41, 5.74) is 0.0422. The van der Waals surface area contributed by atoms with Crippen molar-refractivity contribution >= 4 is 57.1 Å². The largest absolute Gasteiger partial charge is 0.506 e. The normalized spacial score (nSPS) is 11.4. The van der Waals surface area contributed by atoms with Crippen LogP contribution in [0.3, 0.4) is 0 Å². The second-order valence-electron chi connectivity index (χ2n) is 4.56. The van der Waals surface area contributed by atoms with Crippen LogP contribution in [0.4, 0.5) is 8.78 Å². The van der Waals surface area contributed by atoms with E-state index in [-0.39, 0.29) is 37.6 Å². The Morgan fingerprint density at radius 1 is 1.12 bits per heavy atom. The Morgan fingerprint density at radius 2 is 1.80 bits per heavy atom. The van der Waals surface area contributed by atoms with Crippen molar-refractivity contribution in [3.05, 3.63) is 24.8 Å². The summed E-state index contributed by atoms with van der Waals surface area (Å²) in [5.74, 6) is -3.22. The molecule has 1 rings (SSSR count). The first-order valence-electron chi connectivity index (χ1n) is 6.83. The van der Waals surface area contributed by atoms with Crippen LogP contribution in [-0.2, 0) is 19.0 Å². The van der Waals surface area contributed by atoms with Crippen LogP contribution < -0.4 is 0 Å². The zero-order chi connectivity index (χ0) is 19.0. The number of ether oxygens (including phenoxy) is 3.